The Morgan fingerprint density at radius 2 is 2.08 bits per heavy atom. The molecule has 2 heterocycles. The predicted molar refractivity (Wildman–Crippen MR) is 83.9 cm³/mol. The van der Waals surface area contributed by atoms with E-state index in [9.17, 15) is 14.3 Å². The summed E-state index contributed by atoms with van der Waals surface area (Å²) in [6, 6.07) is 7.68. The van der Waals surface area contributed by atoms with Crippen LogP contribution >= 0.6 is 0 Å². The molecule has 1 unspecified atom stereocenters. The quantitative estimate of drug-likeness (QED) is 0.754. The summed E-state index contributed by atoms with van der Waals surface area (Å²) >= 11 is 0. The van der Waals surface area contributed by atoms with E-state index in [0.29, 0.717) is 5.78 Å². The van der Waals surface area contributed by atoms with Crippen molar-refractivity contribution in [1.29, 1.82) is 0 Å². The van der Waals surface area contributed by atoms with E-state index in [1.165, 1.54) is 22.7 Å². The maximum Gasteiger partial charge on any atom is 0.291 e. The maximum atomic E-state index is 13.6. The highest BCUT2D eigenvalue weighted by atomic mass is 19.1. The number of hydrogen-bond donors (Lipinski definition) is 2. The first kappa shape index (κ1) is 16.0. The van der Waals surface area contributed by atoms with E-state index in [4.69, 9.17) is 0 Å². The summed E-state index contributed by atoms with van der Waals surface area (Å²) in [5, 5.41) is 16.6. The highest BCUT2D eigenvalue weighted by Gasteiger charge is 2.18. The Morgan fingerprint density at radius 3 is 2.83 bits per heavy atom. The van der Waals surface area contributed by atoms with Crippen molar-refractivity contribution in [2.24, 2.45) is 0 Å². The largest absolute Gasteiger partial charge is 0.386 e. The van der Waals surface area contributed by atoms with Gasteiger partial charge >= 0.3 is 0 Å². The molecule has 0 bridgehead atoms. The number of aliphatic hydroxyl groups excluding tert-OH is 1. The van der Waals surface area contributed by atoms with Crippen LogP contribution in [0.3, 0.4) is 0 Å². The van der Waals surface area contributed by atoms with E-state index in [1.54, 1.807) is 6.07 Å². The lowest BCUT2D eigenvalue weighted by molar-refractivity contribution is 0.0904. The molecule has 2 N–H and O–H groups in total. The standard InChI is InChI=1S/C16H16FN5O2/c1-9-7-10(2)22-16(19-9)20-14(21-22)15(24)18-8-13(23)11-5-3-4-6-12(11)17/h3-7,13,23H,8H2,1-2H3,(H,18,24). The van der Waals surface area contributed by atoms with Crippen LogP contribution < -0.4 is 5.32 Å². The Morgan fingerprint density at radius 1 is 1.33 bits per heavy atom. The van der Waals surface area contributed by atoms with Gasteiger partial charge in [0.2, 0.25) is 5.82 Å². The van der Waals surface area contributed by atoms with Crippen molar-refractivity contribution >= 4 is 11.7 Å². The number of carbonyl (C=O) groups is 1. The Balaban J connectivity index is 1.73. The molecule has 8 heteroatoms. The van der Waals surface area contributed by atoms with Gasteiger partial charge in [-0.3, -0.25) is 4.79 Å². The molecule has 0 fully saturated rings. The number of benzene rings is 1. The summed E-state index contributed by atoms with van der Waals surface area (Å²) in [6.45, 7) is 3.51. The van der Waals surface area contributed by atoms with E-state index in [2.05, 4.69) is 20.4 Å². The van der Waals surface area contributed by atoms with Crippen molar-refractivity contribution in [3.8, 4) is 0 Å². The van der Waals surface area contributed by atoms with Crippen molar-refractivity contribution in [2.45, 2.75) is 20.0 Å². The van der Waals surface area contributed by atoms with Crippen LogP contribution in [-0.4, -0.2) is 37.1 Å². The van der Waals surface area contributed by atoms with E-state index in [-0.39, 0.29) is 17.9 Å². The van der Waals surface area contributed by atoms with Crippen LogP contribution in [0.25, 0.3) is 5.78 Å². The zero-order valence-electron chi connectivity index (χ0n) is 13.2. The molecular weight excluding hydrogens is 313 g/mol. The first-order valence-corrected chi connectivity index (χ1v) is 7.37. The third-order valence-corrected chi connectivity index (χ3v) is 3.54. The fraction of sp³-hybridized carbons (Fsp3) is 0.250. The normalized spacial score (nSPS) is 12.3. The highest BCUT2D eigenvalue weighted by molar-refractivity contribution is 5.90. The Hall–Kier alpha value is -2.87. The van der Waals surface area contributed by atoms with Gasteiger partial charge in [-0.2, -0.15) is 4.98 Å². The number of rotatable bonds is 4. The van der Waals surface area contributed by atoms with Gasteiger partial charge in [-0.25, -0.2) is 13.9 Å². The lowest BCUT2D eigenvalue weighted by Crippen LogP contribution is -2.29. The molecule has 0 saturated heterocycles. The predicted octanol–water partition coefficient (Wildman–Crippen LogP) is 1.34. The van der Waals surface area contributed by atoms with Gasteiger partial charge in [0.05, 0.1) is 6.10 Å². The minimum atomic E-state index is -1.16. The lowest BCUT2D eigenvalue weighted by Gasteiger charge is -2.12. The molecular formula is C16H16FN5O2. The Labute approximate surface area is 137 Å². The van der Waals surface area contributed by atoms with Gasteiger partial charge < -0.3 is 10.4 Å². The molecule has 0 aliphatic heterocycles. The second-order valence-electron chi connectivity index (χ2n) is 5.43. The summed E-state index contributed by atoms with van der Waals surface area (Å²) in [5.41, 5.74) is 1.69. The molecule has 1 amide bonds. The summed E-state index contributed by atoms with van der Waals surface area (Å²) < 4.78 is 15.1. The number of halogens is 1. The number of nitrogens with zero attached hydrogens (tertiary/aromatic N) is 4. The van der Waals surface area contributed by atoms with Gasteiger partial charge in [0.25, 0.3) is 11.7 Å². The fourth-order valence-electron chi connectivity index (χ4n) is 2.39. The minimum Gasteiger partial charge on any atom is -0.386 e. The summed E-state index contributed by atoms with van der Waals surface area (Å²) in [4.78, 5) is 20.4. The van der Waals surface area contributed by atoms with Gasteiger partial charge in [-0.15, -0.1) is 5.10 Å². The molecule has 0 aliphatic rings. The van der Waals surface area contributed by atoms with E-state index in [0.717, 1.165) is 11.4 Å². The Bertz CT molecular complexity index is 909. The molecule has 0 radical (unpaired) electrons. The lowest BCUT2D eigenvalue weighted by atomic mass is 10.1. The van der Waals surface area contributed by atoms with Crippen LogP contribution in [0, 0.1) is 19.7 Å². The SMILES string of the molecule is Cc1cc(C)n2nc(C(=O)NCC(O)c3ccccc3F)nc2n1. The van der Waals surface area contributed by atoms with Crippen molar-refractivity contribution in [3.05, 3.63) is 58.9 Å². The van der Waals surface area contributed by atoms with E-state index < -0.39 is 17.8 Å². The molecule has 0 aliphatic carbocycles. The summed E-state index contributed by atoms with van der Waals surface area (Å²) in [5.74, 6) is -0.822. The number of nitrogens with one attached hydrogen (secondary N) is 1. The second-order valence-corrected chi connectivity index (χ2v) is 5.43. The number of fused-ring (bicyclic) bond motifs is 1. The molecule has 124 valence electrons. The van der Waals surface area contributed by atoms with Crippen LogP contribution in [-0.2, 0) is 0 Å². The molecule has 0 spiro atoms. The minimum absolute atomic E-state index is 0.0584. The number of aryl methyl sites for hydroxylation is 2. The average Bonchev–Trinajstić information content (AvgIpc) is 2.97. The van der Waals surface area contributed by atoms with Crippen molar-refractivity contribution in [2.75, 3.05) is 6.54 Å². The monoisotopic (exact) mass is 329 g/mol. The molecule has 2 aromatic heterocycles. The van der Waals surface area contributed by atoms with Gasteiger partial charge in [0, 0.05) is 23.5 Å². The van der Waals surface area contributed by atoms with Crippen LogP contribution in [0.1, 0.15) is 33.7 Å². The summed E-state index contributed by atoms with van der Waals surface area (Å²) in [7, 11) is 0. The van der Waals surface area contributed by atoms with E-state index in [1.807, 2.05) is 19.9 Å². The van der Waals surface area contributed by atoms with Gasteiger partial charge in [0.15, 0.2) is 0 Å². The van der Waals surface area contributed by atoms with Crippen LogP contribution in [0.5, 0.6) is 0 Å². The van der Waals surface area contributed by atoms with Crippen molar-refractivity contribution in [3.63, 3.8) is 0 Å². The van der Waals surface area contributed by atoms with Gasteiger partial charge in [-0.1, -0.05) is 18.2 Å². The number of amides is 1. The summed E-state index contributed by atoms with van der Waals surface area (Å²) in [6.07, 6.45) is -1.16. The maximum absolute atomic E-state index is 13.6. The molecule has 24 heavy (non-hydrogen) atoms. The topological polar surface area (TPSA) is 92.4 Å². The third kappa shape index (κ3) is 3.09. The molecule has 7 nitrogen and oxygen atoms in total. The van der Waals surface area contributed by atoms with Crippen molar-refractivity contribution < 1.29 is 14.3 Å². The molecule has 1 atom stereocenters. The van der Waals surface area contributed by atoms with Crippen LogP contribution in [0.15, 0.2) is 30.3 Å². The molecule has 1 aromatic carbocycles. The zero-order valence-corrected chi connectivity index (χ0v) is 13.2. The second kappa shape index (κ2) is 6.32. The zero-order chi connectivity index (χ0) is 17.3. The van der Waals surface area contributed by atoms with Crippen LogP contribution in [0.4, 0.5) is 4.39 Å². The van der Waals surface area contributed by atoms with Gasteiger partial charge in [0.1, 0.15) is 5.82 Å². The molecule has 0 saturated carbocycles. The Kier molecular flexibility index (Phi) is 4.22. The van der Waals surface area contributed by atoms with Crippen LogP contribution in [0.2, 0.25) is 0 Å². The number of carbonyl (C=O) groups excluding carboxylic acids is 1. The number of aliphatic hydroxyl groups is 1. The fourth-order valence-corrected chi connectivity index (χ4v) is 2.39. The molecule has 3 aromatic rings. The number of aromatic nitrogens is 4. The first-order valence-electron chi connectivity index (χ1n) is 7.37. The smallest absolute Gasteiger partial charge is 0.291 e. The van der Waals surface area contributed by atoms with E-state index >= 15 is 0 Å². The van der Waals surface area contributed by atoms with Gasteiger partial charge in [-0.05, 0) is 26.0 Å². The van der Waals surface area contributed by atoms with Crippen molar-refractivity contribution in [1.82, 2.24) is 24.9 Å². The molecule has 3 rings (SSSR count). The first-order chi connectivity index (χ1) is 11.5. The number of hydrogen-bond acceptors (Lipinski definition) is 5. The third-order valence-electron chi connectivity index (χ3n) is 3.54. The average molecular weight is 329 g/mol. The highest BCUT2D eigenvalue weighted by Crippen LogP contribution is 2.15.